The number of aryl methyl sites for hydroxylation is 1. The molecule has 0 saturated heterocycles. The average molecular weight is 331 g/mol. The number of benzene rings is 3. The zero-order valence-corrected chi connectivity index (χ0v) is 14.8. The van der Waals surface area contributed by atoms with Gasteiger partial charge in [0.15, 0.2) is 11.3 Å². The van der Waals surface area contributed by atoms with Crippen LogP contribution in [0.25, 0.3) is 33.3 Å². The molecule has 0 fully saturated rings. The molecule has 0 spiro atoms. The molecule has 0 saturated carbocycles. The lowest BCUT2D eigenvalue weighted by Gasteiger charge is -2.13. The Morgan fingerprint density at radius 1 is 1.08 bits per heavy atom. The summed E-state index contributed by atoms with van der Waals surface area (Å²) in [6, 6.07) is 14.4. The normalized spacial score (nSPS) is 12.4. The quantitative estimate of drug-likeness (QED) is 0.435. The van der Waals surface area contributed by atoms with E-state index in [2.05, 4.69) is 42.4 Å². The molecular weight excluding hydrogens is 310 g/mol. The van der Waals surface area contributed by atoms with E-state index in [9.17, 15) is 0 Å². The van der Waals surface area contributed by atoms with Crippen molar-refractivity contribution in [1.82, 2.24) is 4.98 Å². The first-order chi connectivity index (χ1) is 12.2. The van der Waals surface area contributed by atoms with Crippen molar-refractivity contribution < 1.29 is 4.42 Å². The minimum absolute atomic E-state index is 0.736. The molecule has 1 heterocycles. The van der Waals surface area contributed by atoms with Crippen molar-refractivity contribution in [2.75, 3.05) is 18.4 Å². The van der Waals surface area contributed by atoms with Crippen LogP contribution in [-0.2, 0) is 0 Å². The predicted molar refractivity (Wildman–Crippen MR) is 103 cm³/mol. The molecule has 1 aliphatic heterocycles. The zero-order chi connectivity index (χ0) is 17.4. The Hall–Kier alpha value is -2.88. The summed E-state index contributed by atoms with van der Waals surface area (Å²) < 4.78 is 6.22. The van der Waals surface area contributed by atoms with Gasteiger partial charge in [-0.2, -0.15) is 0 Å². The van der Waals surface area contributed by atoms with Crippen LogP contribution in [0.4, 0.5) is 5.69 Å². The maximum Gasteiger partial charge on any atom is 0.155 e. The van der Waals surface area contributed by atoms with Crippen LogP contribution < -0.4 is 10.7 Å². The van der Waals surface area contributed by atoms with Crippen molar-refractivity contribution >= 4 is 27.6 Å². The first-order valence-corrected chi connectivity index (χ1v) is 8.72. The van der Waals surface area contributed by atoms with Crippen LogP contribution in [0.5, 0.6) is 0 Å². The van der Waals surface area contributed by atoms with Gasteiger partial charge >= 0.3 is 0 Å². The van der Waals surface area contributed by atoms with E-state index >= 15 is 0 Å². The third-order valence-electron chi connectivity index (χ3n) is 4.41. The zero-order valence-electron chi connectivity index (χ0n) is 14.8. The highest BCUT2D eigenvalue weighted by Crippen LogP contribution is 2.32. The number of fused-ring (bicyclic) bond motifs is 4. The number of hydrogen-bond acceptors (Lipinski definition) is 4. The number of anilines is 1. The largest absolute Gasteiger partial charge is 0.453 e. The molecule has 25 heavy (non-hydrogen) atoms. The summed E-state index contributed by atoms with van der Waals surface area (Å²) in [6.07, 6.45) is 0. The Morgan fingerprint density at radius 3 is 2.64 bits per heavy atom. The van der Waals surface area contributed by atoms with Crippen LogP contribution in [-0.4, -0.2) is 18.1 Å². The summed E-state index contributed by atoms with van der Waals surface area (Å²) in [6.45, 7) is 7.83. The molecule has 0 unspecified atom stereocenters. The number of nitrogens with zero attached hydrogens (tertiary/aromatic N) is 2. The Labute approximate surface area is 146 Å². The van der Waals surface area contributed by atoms with E-state index in [1.54, 1.807) is 0 Å². The van der Waals surface area contributed by atoms with Crippen molar-refractivity contribution in [3.8, 4) is 11.5 Å². The molecule has 4 heteroatoms. The molecular formula is C21H21N3O. The summed E-state index contributed by atoms with van der Waals surface area (Å²) in [5.41, 5.74) is 4.79. The van der Waals surface area contributed by atoms with E-state index in [-0.39, 0.29) is 0 Å². The van der Waals surface area contributed by atoms with E-state index in [0.717, 1.165) is 57.5 Å². The predicted octanol–water partition coefficient (Wildman–Crippen LogP) is 4.75. The van der Waals surface area contributed by atoms with Crippen molar-refractivity contribution in [3.05, 3.63) is 53.4 Å². The first-order valence-electron chi connectivity index (χ1n) is 8.72. The molecule has 2 aliphatic rings. The second-order valence-corrected chi connectivity index (χ2v) is 6.14. The summed E-state index contributed by atoms with van der Waals surface area (Å²) >= 11 is 0. The minimum atomic E-state index is 0.736. The Balaban J connectivity index is 2.11. The molecule has 4 nitrogen and oxygen atoms in total. The fraction of sp³-hybridized carbons (Fsp3) is 0.238. The third-order valence-corrected chi connectivity index (χ3v) is 4.41. The summed E-state index contributed by atoms with van der Waals surface area (Å²) in [5.74, 6) is 0.768. The van der Waals surface area contributed by atoms with Crippen LogP contribution in [0.15, 0.2) is 51.9 Å². The van der Waals surface area contributed by atoms with Gasteiger partial charge in [-0.3, -0.25) is 4.99 Å². The van der Waals surface area contributed by atoms with Gasteiger partial charge in [0, 0.05) is 41.7 Å². The lowest BCUT2D eigenvalue weighted by Crippen LogP contribution is -2.07. The standard InChI is InChI=1S/C21H21N3O/c1-4-22-16-11-19-18(10-13(16)3)24-21-15-9-7-6-8-14(15)17(23-5-2)12-20(21)25-19/h6-12,22H,4-5H2,1-3H3/b23-17-. The Bertz CT molecular complexity index is 1110. The smallest absolute Gasteiger partial charge is 0.155 e. The van der Waals surface area contributed by atoms with E-state index in [1.165, 1.54) is 5.56 Å². The summed E-state index contributed by atoms with van der Waals surface area (Å²) in [7, 11) is 0. The summed E-state index contributed by atoms with van der Waals surface area (Å²) in [5, 5.41) is 6.51. The maximum absolute atomic E-state index is 6.22. The lowest BCUT2D eigenvalue weighted by atomic mass is 10.0. The van der Waals surface area contributed by atoms with Gasteiger partial charge in [-0.15, -0.1) is 0 Å². The molecule has 0 atom stereocenters. The van der Waals surface area contributed by atoms with Crippen molar-refractivity contribution in [2.45, 2.75) is 20.8 Å². The number of rotatable bonds is 3. The highest BCUT2D eigenvalue weighted by atomic mass is 16.3. The lowest BCUT2D eigenvalue weighted by molar-refractivity contribution is 0.613. The molecule has 0 aromatic heterocycles. The fourth-order valence-corrected chi connectivity index (χ4v) is 3.27. The van der Waals surface area contributed by atoms with Crippen LogP contribution in [0, 0.1) is 6.92 Å². The van der Waals surface area contributed by atoms with Crippen molar-refractivity contribution in [1.29, 1.82) is 0 Å². The molecule has 0 amide bonds. The molecule has 0 radical (unpaired) electrons. The fourth-order valence-electron chi connectivity index (χ4n) is 3.27. The van der Waals surface area contributed by atoms with Gasteiger partial charge in [-0.1, -0.05) is 24.3 Å². The van der Waals surface area contributed by atoms with Gasteiger partial charge in [-0.05, 0) is 32.4 Å². The molecule has 1 aliphatic carbocycles. The van der Waals surface area contributed by atoms with Crippen LogP contribution >= 0.6 is 0 Å². The van der Waals surface area contributed by atoms with Gasteiger partial charge in [0.25, 0.3) is 0 Å². The molecule has 1 N–H and O–H groups in total. The van der Waals surface area contributed by atoms with E-state index in [0.29, 0.717) is 0 Å². The SMILES string of the molecule is CC/N=c1/cc2oc3cc(NCC)c(C)cc3nc-2c2ccccc12. The minimum Gasteiger partial charge on any atom is -0.453 e. The van der Waals surface area contributed by atoms with Gasteiger partial charge < -0.3 is 9.73 Å². The number of aromatic nitrogens is 1. The first kappa shape index (κ1) is 15.6. The summed E-state index contributed by atoms with van der Waals surface area (Å²) in [4.78, 5) is 9.53. The van der Waals surface area contributed by atoms with Gasteiger partial charge in [-0.25, -0.2) is 4.98 Å². The third kappa shape index (κ3) is 2.64. The monoisotopic (exact) mass is 331 g/mol. The molecule has 4 rings (SSSR count). The number of hydrogen-bond donors (Lipinski definition) is 1. The molecule has 126 valence electrons. The molecule has 2 aromatic carbocycles. The van der Waals surface area contributed by atoms with Crippen LogP contribution in [0.3, 0.4) is 0 Å². The van der Waals surface area contributed by atoms with Crippen LogP contribution in [0.1, 0.15) is 19.4 Å². The van der Waals surface area contributed by atoms with Crippen molar-refractivity contribution in [2.24, 2.45) is 4.99 Å². The Morgan fingerprint density at radius 2 is 1.88 bits per heavy atom. The van der Waals surface area contributed by atoms with Gasteiger partial charge in [0.1, 0.15) is 11.2 Å². The Kier molecular flexibility index (Phi) is 3.88. The second-order valence-electron chi connectivity index (χ2n) is 6.14. The van der Waals surface area contributed by atoms with E-state index in [1.807, 2.05) is 31.2 Å². The van der Waals surface area contributed by atoms with E-state index in [4.69, 9.17) is 9.40 Å². The topological polar surface area (TPSA) is 50.4 Å². The van der Waals surface area contributed by atoms with Gasteiger partial charge in [0.2, 0.25) is 0 Å². The molecule has 0 bridgehead atoms. The van der Waals surface area contributed by atoms with Gasteiger partial charge in [0.05, 0.1) is 5.36 Å². The van der Waals surface area contributed by atoms with Crippen LogP contribution in [0.2, 0.25) is 0 Å². The average Bonchev–Trinajstić information content (AvgIpc) is 2.62. The second kappa shape index (κ2) is 6.20. The maximum atomic E-state index is 6.22. The number of nitrogens with one attached hydrogen (secondary N) is 1. The molecule has 2 aromatic rings. The van der Waals surface area contributed by atoms with Crippen molar-refractivity contribution in [3.63, 3.8) is 0 Å². The highest BCUT2D eigenvalue weighted by Gasteiger charge is 2.15. The van der Waals surface area contributed by atoms with E-state index < -0.39 is 0 Å². The highest BCUT2D eigenvalue weighted by molar-refractivity contribution is 5.96.